The Balaban J connectivity index is 1.59. The summed E-state index contributed by atoms with van der Waals surface area (Å²) in [5.74, 6) is -0.465. The molecule has 1 aliphatic rings. The molecule has 3 N–H and O–H groups in total. The van der Waals surface area contributed by atoms with Crippen LogP contribution < -0.4 is 15.4 Å². The molecule has 0 bridgehead atoms. The molecule has 2 aromatic rings. The van der Waals surface area contributed by atoms with E-state index in [1.165, 1.54) is 30.3 Å². The third-order valence-electron chi connectivity index (χ3n) is 4.70. The SMILES string of the molecule is O=C(NC(=S)Nc1ccc(S(=O)(=O)NC2CCCCC2)cc1)c1cc(Cl)cc(Cl)c1. The maximum absolute atomic E-state index is 12.6. The zero-order chi connectivity index (χ0) is 21.7. The summed E-state index contributed by atoms with van der Waals surface area (Å²) < 4.78 is 27.9. The highest BCUT2D eigenvalue weighted by atomic mass is 35.5. The highest BCUT2D eigenvalue weighted by Gasteiger charge is 2.21. The molecule has 10 heteroatoms. The Morgan fingerprint density at radius 3 is 2.17 bits per heavy atom. The van der Waals surface area contributed by atoms with Crippen LogP contribution in [0.4, 0.5) is 5.69 Å². The summed E-state index contributed by atoms with van der Waals surface area (Å²) in [7, 11) is -3.57. The number of thiocarbonyl (C=S) groups is 1. The molecule has 3 rings (SSSR count). The maximum atomic E-state index is 12.6. The van der Waals surface area contributed by atoms with E-state index >= 15 is 0 Å². The lowest BCUT2D eigenvalue weighted by Crippen LogP contribution is -2.36. The number of amides is 1. The van der Waals surface area contributed by atoms with Gasteiger partial charge in [0.15, 0.2) is 5.11 Å². The summed E-state index contributed by atoms with van der Waals surface area (Å²) in [5, 5.41) is 6.12. The van der Waals surface area contributed by atoms with E-state index < -0.39 is 15.9 Å². The molecule has 160 valence electrons. The molecule has 1 aliphatic carbocycles. The monoisotopic (exact) mass is 485 g/mol. The Hall–Kier alpha value is -1.71. The van der Waals surface area contributed by atoms with Crippen molar-refractivity contribution in [1.82, 2.24) is 10.0 Å². The third kappa shape index (κ3) is 6.39. The van der Waals surface area contributed by atoms with E-state index in [-0.39, 0.29) is 21.6 Å². The molecule has 0 unspecified atom stereocenters. The maximum Gasteiger partial charge on any atom is 0.257 e. The van der Waals surface area contributed by atoms with Crippen molar-refractivity contribution in [3.8, 4) is 0 Å². The van der Waals surface area contributed by atoms with E-state index in [9.17, 15) is 13.2 Å². The first-order chi connectivity index (χ1) is 14.2. The topological polar surface area (TPSA) is 87.3 Å². The molecule has 0 radical (unpaired) electrons. The first-order valence-electron chi connectivity index (χ1n) is 9.44. The Kier molecular flexibility index (Phi) is 7.70. The van der Waals surface area contributed by atoms with Gasteiger partial charge in [0.25, 0.3) is 5.91 Å². The van der Waals surface area contributed by atoms with E-state index in [0.29, 0.717) is 15.7 Å². The second kappa shape index (κ2) is 10.1. The molecule has 2 aromatic carbocycles. The smallest absolute Gasteiger partial charge is 0.257 e. The highest BCUT2D eigenvalue weighted by Crippen LogP contribution is 2.21. The van der Waals surface area contributed by atoms with Crippen molar-refractivity contribution < 1.29 is 13.2 Å². The molecule has 6 nitrogen and oxygen atoms in total. The van der Waals surface area contributed by atoms with Gasteiger partial charge in [-0.1, -0.05) is 42.5 Å². The van der Waals surface area contributed by atoms with Crippen LogP contribution in [0.25, 0.3) is 0 Å². The second-order valence-electron chi connectivity index (χ2n) is 7.05. The lowest BCUT2D eigenvalue weighted by Gasteiger charge is -2.22. The molecule has 0 atom stereocenters. The zero-order valence-corrected chi connectivity index (χ0v) is 19.1. The van der Waals surface area contributed by atoms with Gasteiger partial charge in [0.05, 0.1) is 4.90 Å². The summed E-state index contributed by atoms with van der Waals surface area (Å²) in [6, 6.07) is 10.6. The number of benzene rings is 2. The molecule has 0 aliphatic heterocycles. The van der Waals surface area contributed by atoms with Crippen LogP contribution in [-0.4, -0.2) is 25.5 Å². The Labute approximate surface area is 191 Å². The van der Waals surface area contributed by atoms with Crippen molar-refractivity contribution in [3.63, 3.8) is 0 Å². The van der Waals surface area contributed by atoms with Crippen LogP contribution in [0.1, 0.15) is 42.5 Å². The lowest BCUT2D eigenvalue weighted by molar-refractivity contribution is 0.0977. The van der Waals surface area contributed by atoms with E-state index in [1.807, 2.05) is 0 Å². The molecule has 0 saturated heterocycles. The second-order valence-corrected chi connectivity index (χ2v) is 10.0. The molecule has 0 heterocycles. The first-order valence-corrected chi connectivity index (χ1v) is 12.1. The average Bonchev–Trinajstić information content (AvgIpc) is 2.68. The van der Waals surface area contributed by atoms with Crippen LogP contribution in [0.15, 0.2) is 47.4 Å². The van der Waals surface area contributed by atoms with Crippen LogP contribution in [0.3, 0.4) is 0 Å². The minimum atomic E-state index is -3.57. The van der Waals surface area contributed by atoms with E-state index in [2.05, 4.69) is 15.4 Å². The molecular weight excluding hydrogens is 465 g/mol. The van der Waals surface area contributed by atoms with Gasteiger partial charge in [-0.3, -0.25) is 10.1 Å². The number of carbonyl (C=O) groups excluding carboxylic acids is 1. The standard InChI is InChI=1S/C20H21Cl2N3O3S2/c21-14-10-13(11-15(22)12-14)19(26)24-20(29)23-16-6-8-18(9-7-16)30(27,28)25-17-4-2-1-3-5-17/h6-12,17,25H,1-5H2,(H2,23,24,26,29). The van der Waals surface area contributed by atoms with Gasteiger partial charge in [-0.15, -0.1) is 0 Å². The van der Waals surface area contributed by atoms with Crippen molar-refractivity contribution in [2.75, 3.05) is 5.32 Å². The minimum Gasteiger partial charge on any atom is -0.332 e. The number of hydrogen-bond acceptors (Lipinski definition) is 4. The predicted molar refractivity (Wildman–Crippen MR) is 124 cm³/mol. The molecule has 0 spiro atoms. The van der Waals surface area contributed by atoms with Gasteiger partial charge in [0.2, 0.25) is 10.0 Å². The Bertz CT molecular complexity index is 1020. The zero-order valence-electron chi connectivity index (χ0n) is 16.0. The van der Waals surface area contributed by atoms with Crippen molar-refractivity contribution in [1.29, 1.82) is 0 Å². The number of carbonyl (C=O) groups is 1. The van der Waals surface area contributed by atoms with Crippen molar-refractivity contribution >= 4 is 62.2 Å². The van der Waals surface area contributed by atoms with E-state index in [1.54, 1.807) is 12.1 Å². The normalized spacial score (nSPS) is 14.9. The lowest BCUT2D eigenvalue weighted by atomic mass is 9.96. The van der Waals surface area contributed by atoms with Crippen LogP contribution in [0.2, 0.25) is 10.0 Å². The van der Waals surface area contributed by atoms with Crippen molar-refractivity contribution in [2.24, 2.45) is 0 Å². The number of anilines is 1. The minimum absolute atomic E-state index is 0.00987. The Morgan fingerprint density at radius 2 is 1.57 bits per heavy atom. The number of sulfonamides is 1. The Morgan fingerprint density at radius 1 is 0.967 bits per heavy atom. The van der Waals surface area contributed by atoms with E-state index in [4.69, 9.17) is 35.4 Å². The number of nitrogens with one attached hydrogen (secondary N) is 3. The largest absolute Gasteiger partial charge is 0.332 e. The van der Waals surface area contributed by atoms with Gasteiger partial charge in [-0.05, 0) is 67.5 Å². The van der Waals surface area contributed by atoms with Crippen LogP contribution in [-0.2, 0) is 10.0 Å². The summed E-state index contributed by atoms with van der Waals surface area (Å²) in [6.45, 7) is 0. The summed E-state index contributed by atoms with van der Waals surface area (Å²) in [5.41, 5.74) is 0.813. The molecule has 0 aromatic heterocycles. The van der Waals surface area contributed by atoms with Crippen LogP contribution >= 0.6 is 35.4 Å². The van der Waals surface area contributed by atoms with Crippen LogP contribution in [0, 0.1) is 0 Å². The van der Waals surface area contributed by atoms with Gasteiger partial charge >= 0.3 is 0 Å². The molecule has 1 fully saturated rings. The quantitative estimate of drug-likeness (QED) is 0.532. The van der Waals surface area contributed by atoms with E-state index in [0.717, 1.165) is 32.1 Å². The number of rotatable bonds is 5. The first kappa shape index (κ1) is 23.0. The third-order valence-corrected chi connectivity index (χ3v) is 6.88. The summed E-state index contributed by atoms with van der Waals surface area (Å²) >= 11 is 17.0. The molecule has 30 heavy (non-hydrogen) atoms. The highest BCUT2D eigenvalue weighted by molar-refractivity contribution is 7.89. The fourth-order valence-electron chi connectivity index (χ4n) is 3.25. The predicted octanol–water partition coefficient (Wildman–Crippen LogP) is 4.73. The average molecular weight is 486 g/mol. The number of halogens is 2. The van der Waals surface area contributed by atoms with Crippen LogP contribution in [0.5, 0.6) is 0 Å². The van der Waals surface area contributed by atoms with Crippen molar-refractivity contribution in [2.45, 2.75) is 43.0 Å². The van der Waals surface area contributed by atoms with Gasteiger partial charge in [-0.25, -0.2) is 13.1 Å². The van der Waals surface area contributed by atoms with Gasteiger partial charge < -0.3 is 5.32 Å². The fraction of sp³-hybridized carbons (Fsp3) is 0.300. The van der Waals surface area contributed by atoms with Gasteiger partial charge in [0, 0.05) is 27.3 Å². The van der Waals surface area contributed by atoms with Crippen molar-refractivity contribution in [3.05, 3.63) is 58.1 Å². The summed E-state index contributed by atoms with van der Waals surface area (Å²) in [6.07, 6.45) is 4.97. The summed E-state index contributed by atoms with van der Waals surface area (Å²) in [4.78, 5) is 12.5. The van der Waals surface area contributed by atoms with Gasteiger partial charge in [-0.2, -0.15) is 0 Å². The molecular formula is C20H21Cl2N3O3S2. The number of hydrogen-bond donors (Lipinski definition) is 3. The fourth-order valence-corrected chi connectivity index (χ4v) is 5.29. The molecule has 1 amide bonds. The van der Waals surface area contributed by atoms with Gasteiger partial charge in [0.1, 0.15) is 0 Å². The molecule has 1 saturated carbocycles.